The Hall–Kier alpha value is -2.72. The zero-order valence-corrected chi connectivity index (χ0v) is 20.1. The number of thioether (sulfide) groups is 1. The number of hydrogen-bond acceptors (Lipinski definition) is 7. The molecular formula is C21H26N6O2S2. The summed E-state index contributed by atoms with van der Waals surface area (Å²) in [5.41, 5.74) is 3.78. The summed E-state index contributed by atoms with van der Waals surface area (Å²) in [7, 11) is 1.79. The van der Waals surface area contributed by atoms with Crippen molar-refractivity contribution in [2.75, 3.05) is 10.6 Å². The number of aryl methyl sites for hydroxylation is 4. The molecule has 2 heterocycles. The summed E-state index contributed by atoms with van der Waals surface area (Å²) in [5.74, 6) is 0.209. The fourth-order valence-electron chi connectivity index (χ4n) is 2.75. The molecule has 164 valence electrons. The number of thiazole rings is 1. The SMILES string of the molecule is Cc1ccc(C)c(NC(=O)Cc2nnc(SC(C)C(=O)Nc3nc(C)c(C)s3)n2C)c1. The zero-order valence-electron chi connectivity index (χ0n) is 18.4. The second-order valence-corrected chi connectivity index (χ2v) is 9.92. The third-order valence-electron chi connectivity index (χ3n) is 4.82. The first-order chi connectivity index (χ1) is 14.6. The second kappa shape index (κ2) is 9.61. The van der Waals surface area contributed by atoms with Crippen LogP contribution in [0.1, 0.15) is 34.4 Å². The number of carbonyl (C=O) groups is 2. The number of nitrogens with zero attached hydrogens (tertiary/aromatic N) is 4. The van der Waals surface area contributed by atoms with Crippen molar-refractivity contribution in [1.82, 2.24) is 19.7 Å². The fourth-order valence-corrected chi connectivity index (χ4v) is 4.41. The van der Waals surface area contributed by atoms with Crippen LogP contribution >= 0.6 is 23.1 Å². The Morgan fingerprint density at radius 1 is 1.16 bits per heavy atom. The first-order valence-corrected chi connectivity index (χ1v) is 11.5. The lowest BCUT2D eigenvalue weighted by Crippen LogP contribution is -2.23. The Labute approximate surface area is 189 Å². The van der Waals surface area contributed by atoms with E-state index in [1.54, 1.807) is 18.5 Å². The van der Waals surface area contributed by atoms with Crippen molar-refractivity contribution in [2.24, 2.45) is 7.05 Å². The van der Waals surface area contributed by atoms with Crippen molar-refractivity contribution in [3.8, 4) is 0 Å². The normalized spacial score (nSPS) is 11.9. The smallest absolute Gasteiger partial charge is 0.239 e. The van der Waals surface area contributed by atoms with Crippen molar-refractivity contribution in [2.45, 2.75) is 51.4 Å². The third-order valence-corrected chi connectivity index (χ3v) is 6.94. The molecule has 1 unspecified atom stereocenters. The highest BCUT2D eigenvalue weighted by atomic mass is 32.2. The molecule has 31 heavy (non-hydrogen) atoms. The summed E-state index contributed by atoms with van der Waals surface area (Å²) in [6.45, 7) is 9.62. The summed E-state index contributed by atoms with van der Waals surface area (Å²) in [6.07, 6.45) is 0.0929. The molecule has 0 radical (unpaired) electrons. The molecule has 0 bridgehead atoms. The standard InChI is InChI=1S/C21H26N6O2S2/c1-11-7-8-12(2)16(9-11)23-18(28)10-17-25-26-21(27(17)6)31-15(5)19(29)24-20-22-13(3)14(4)30-20/h7-9,15H,10H2,1-6H3,(H,23,28)(H,22,24,29). The fraction of sp³-hybridized carbons (Fsp3) is 0.381. The van der Waals surface area contributed by atoms with Crippen molar-refractivity contribution >= 4 is 45.7 Å². The van der Waals surface area contributed by atoms with E-state index in [-0.39, 0.29) is 18.2 Å². The highest BCUT2D eigenvalue weighted by Crippen LogP contribution is 2.25. The Morgan fingerprint density at radius 2 is 1.90 bits per heavy atom. The van der Waals surface area contributed by atoms with Gasteiger partial charge in [0.05, 0.1) is 17.4 Å². The Kier molecular flexibility index (Phi) is 7.11. The number of anilines is 2. The van der Waals surface area contributed by atoms with E-state index in [9.17, 15) is 9.59 Å². The Morgan fingerprint density at radius 3 is 2.58 bits per heavy atom. The van der Waals surface area contributed by atoms with Gasteiger partial charge in [0.2, 0.25) is 11.8 Å². The molecular weight excluding hydrogens is 432 g/mol. The van der Waals surface area contributed by atoms with Crippen LogP contribution < -0.4 is 10.6 Å². The first kappa shape index (κ1) is 23.0. The number of hydrogen-bond donors (Lipinski definition) is 2. The maximum Gasteiger partial charge on any atom is 0.239 e. The molecule has 10 heteroatoms. The van der Waals surface area contributed by atoms with Crippen LogP contribution in [0.15, 0.2) is 23.4 Å². The number of aromatic nitrogens is 4. The molecule has 3 rings (SSSR count). The molecule has 2 amide bonds. The van der Waals surface area contributed by atoms with Crippen molar-refractivity contribution in [1.29, 1.82) is 0 Å². The average Bonchev–Trinajstić information content (AvgIpc) is 3.20. The summed E-state index contributed by atoms with van der Waals surface area (Å²) in [4.78, 5) is 30.4. The van der Waals surface area contributed by atoms with Gasteiger partial charge in [-0.1, -0.05) is 23.9 Å². The van der Waals surface area contributed by atoms with E-state index in [0.29, 0.717) is 16.1 Å². The van der Waals surface area contributed by atoms with Gasteiger partial charge in [-0.05, 0) is 51.8 Å². The second-order valence-electron chi connectivity index (χ2n) is 7.41. The molecule has 3 aromatic rings. The highest BCUT2D eigenvalue weighted by molar-refractivity contribution is 8.00. The zero-order chi connectivity index (χ0) is 22.7. The van der Waals surface area contributed by atoms with E-state index >= 15 is 0 Å². The number of amides is 2. The maximum absolute atomic E-state index is 12.5. The molecule has 2 aromatic heterocycles. The van der Waals surface area contributed by atoms with Gasteiger partial charge in [-0.3, -0.25) is 9.59 Å². The molecule has 1 aromatic carbocycles. The number of rotatable bonds is 7. The summed E-state index contributed by atoms with van der Waals surface area (Å²) in [5, 5.41) is 14.8. The summed E-state index contributed by atoms with van der Waals surface area (Å²) >= 11 is 2.74. The summed E-state index contributed by atoms with van der Waals surface area (Å²) in [6, 6.07) is 5.92. The van der Waals surface area contributed by atoms with Gasteiger partial charge in [0.1, 0.15) is 5.82 Å². The molecule has 1 atom stereocenters. The van der Waals surface area contributed by atoms with Crippen LogP contribution in [-0.4, -0.2) is 36.8 Å². The van der Waals surface area contributed by atoms with Crippen LogP contribution in [0.25, 0.3) is 0 Å². The third kappa shape index (κ3) is 5.71. The minimum Gasteiger partial charge on any atom is -0.325 e. The van der Waals surface area contributed by atoms with Crippen molar-refractivity contribution in [3.63, 3.8) is 0 Å². The molecule has 0 aliphatic carbocycles. The first-order valence-electron chi connectivity index (χ1n) is 9.81. The van der Waals surface area contributed by atoms with E-state index in [1.807, 2.05) is 45.9 Å². The lowest BCUT2D eigenvalue weighted by Gasteiger charge is -2.11. The molecule has 0 saturated heterocycles. The predicted octanol–water partition coefficient (Wildman–Crippen LogP) is 3.81. The topological polar surface area (TPSA) is 102 Å². The largest absolute Gasteiger partial charge is 0.325 e. The van der Waals surface area contributed by atoms with Crippen LogP contribution in [0.4, 0.5) is 10.8 Å². The minimum atomic E-state index is -0.399. The van der Waals surface area contributed by atoms with Gasteiger partial charge in [0, 0.05) is 17.6 Å². The highest BCUT2D eigenvalue weighted by Gasteiger charge is 2.21. The van der Waals surface area contributed by atoms with E-state index in [4.69, 9.17) is 0 Å². The van der Waals surface area contributed by atoms with Crippen molar-refractivity contribution in [3.05, 3.63) is 45.7 Å². The molecule has 2 N–H and O–H groups in total. The number of carbonyl (C=O) groups excluding carboxylic acids is 2. The summed E-state index contributed by atoms with van der Waals surface area (Å²) < 4.78 is 1.74. The van der Waals surface area contributed by atoms with Gasteiger partial charge < -0.3 is 15.2 Å². The van der Waals surface area contributed by atoms with E-state index in [2.05, 4.69) is 25.8 Å². The molecule has 8 nitrogen and oxygen atoms in total. The molecule has 0 spiro atoms. The Bertz CT molecular complexity index is 1100. The van der Waals surface area contributed by atoms with Gasteiger partial charge in [-0.25, -0.2) is 4.98 Å². The van der Waals surface area contributed by atoms with Gasteiger partial charge in [-0.15, -0.1) is 21.5 Å². The molecule has 0 aliphatic heterocycles. The average molecular weight is 459 g/mol. The minimum absolute atomic E-state index is 0.0929. The predicted molar refractivity (Wildman–Crippen MR) is 125 cm³/mol. The van der Waals surface area contributed by atoms with Gasteiger partial charge >= 0.3 is 0 Å². The van der Waals surface area contributed by atoms with E-state index in [0.717, 1.165) is 27.4 Å². The molecule has 0 fully saturated rings. The number of benzene rings is 1. The molecule has 0 saturated carbocycles. The Balaban J connectivity index is 1.60. The van der Waals surface area contributed by atoms with E-state index in [1.165, 1.54) is 23.1 Å². The monoisotopic (exact) mass is 458 g/mol. The van der Waals surface area contributed by atoms with E-state index < -0.39 is 5.25 Å². The van der Waals surface area contributed by atoms with Crippen molar-refractivity contribution < 1.29 is 9.59 Å². The van der Waals surface area contributed by atoms with Crippen LogP contribution in [0.2, 0.25) is 0 Å². The lowest BCUT2D eigenvalue weighted by atomic mass is 10.1. The van der Waals surface area contributed by atoms with Gasteiger partial charge in [0.25, 0.3) is 0 Å². The van der Waals surface area contributed by atoms with Gasteiger partial charge in [0.15, 0.2) is 10.3 Å². The maximum atomic E-state index is 12.5. The van der Waals surface area contributed by atoms with Crippen LogP contribution in [0.3, 0.4) is 0 Å². The number of nitrogens with one attached hydrogen (secondary N) is 2. The lowest BCUT2D eigenvalue weighted by molar-refractivity contribution is -0.116. The van der Waals surface area contributed by atoms with Gasteiger partial charge in [-0.2, -0.15) is 0 Å². The van der Waals surface area contributed by atoms with Crippen LogP contribution in [0.5, 0.6) is 0 Å². The quantitative estimate of drug-likeness (QED) is 0.522. The van der Waals surface area contributed by atoms with Crippen LogP contribution in [0, 0.1) is 27.7 Å². The van der Waals surface area contributed by atoms with Crippen LogP contribution in [-0.2, 0) is 23.1 Å². The molecule has 0 aliphatic rings.